The Morgan fingerprint density at radius 3 is 2.60 bits per heavy atom. The van der Waals surface area contributed by atoms with Gasteiger partial charge in [0.05, 0.1) is 17.2 Å². The van der Waals surface area contributed by atoms with Gasteiger partial charge in [-0.15, -0.1) is 0 Å². The number of halogens is 1. The molecular formula is C25H24FN3O. The maximum absolute atomic E-state index is 13.8. The fourth-order valence-corrected chi connectivity index (χ4v) is 4.36. The fourth-order valence-electron chi connectivity index (χ4n) is 4.36. The summed E-state index contributed by atoms with van der Waals surface area (Å²) in [5.74, 6) is 0.401. The Balaban J connectivity index is 1.37. The molecule has 1 amide bonds. The van der Waals surface area contributed by atoms with Gasteiger partial charge in [-0.2, -0.15) is 5.26 Å². The Labute approximate surface area is 175 Å². The van der Waals surface area contributed by atoms with Crippen molar-refractivity contribution in [1.82, 2.24) is 10.3 Å². The predicted molar refractivity (Wildman–Crippen MR) is 114 cm³/mol. The third kappa shape index (κ3) is 4.44. The van der Waals surface area contributed by atoms with Crippen LogP contribution in [0.1, 0.15) is 53.1 Å². The van der Waals surface area contributed by atoms with E-state index in [0.717, 1.165) is 25.7 Å². The van der Waals surface area contributed by atoms with E-state index in [1.807, 2.05) is 12.1 Å². The van der Waals surface area contributed by atoms with Crippen molar-refractivity contribution in [2.75, 3.05) is 6.54 Å². The number of carbonyl (C=O) groups is 1. The number of amides is 1. The van der Waals surface area contributed by atoms with Gasteiger partial charge >= 0.3 is 0 Å². The van der Waals surface area contributed by atoms with Crippen LogP contribution in [-0.4, -0.2) is 17.4 Å². The number of nitrogens with one attached hydrogen (secondary N) is 2. The van der Waals surface area contributed by atoms with E-state index in [4.69, 9.17) is 5.26 Å². The highest BCUT2D eigenvalue weighted by Crippen LogP contribution is 2.35. The van der Waals surface area contributed by atoms with E-state index in [1.165, 1.54) is 17.7 Å². The van der Waals surface area contributed by atoms with E-state index in [1.54, 1.807) is 18.5 Å². The Kier molecular flexibility index (Phi) is 5.94. The number of carbonyl (C=O) groups excluding carboxylic acids is 1. The molecule has 0 radical (unpaired) electrons. The molecule has 3 aromatic rings. The third-order valence-corrected chi connectivity index (χ3v) is 6.00. The molecule has 0 bridgehead atoms. The van der Waals surface area contributed by atoms with Crippen LogP contribution in [0.4, 0.5) is 4.39 Å². The van der Waals surface area contributed by atoms with Gasteiger partial charge in [-0.1, -0.05) is 30.3 Å². The number of hydrogen-bond acceptors (Lipinski definition) is 2. The molecule has 152 valence electrons. The van der Waals surface area contributed by atoms with Gasteiger partial charge in [-0.25, -0.2) is 4.39 Å². The highest BCUT2D eigenvalue weighted by molar-refractivity contribution is 6.00. The number of aromatic amines is 1. The molecule has 0 aliphatic heterocycles. The van der Waals surface area contributed by atoms with Crippen LogP contribution in [0.15, 0.2) is 60.9 Å². The summed E-state index contributed by atoms with van der Waals surface area (Å²) in [5.41, 5.74) is 3.21. The summed E-state index contributed by atoms with van der Waals surface area (Å²) in [7, 11) is 0. The SMILES string of the molecule is N#Cc1cc(F)cc(-c2c[nH]cc2C(=O)NCC2CCC(c3ccccc3)CC2)c1. The van der Waals surface area contributed by atoms with Crippen molar-refractivity contribution in [3.8, 4) is 17.2 Å². The lowest BCUT2D eigenvalue weighted by atomic mass is 9.78. The zero-order valence-corrected chi connectivity index (χ0v) is 16.7. The van der Waals surface area contributed by atoms with Gasteiger partial charge in [0.25, 0.3) is 5.91 Å². The summed E-state index contributed by atoms with van der Waals surface area (Å²) in [6.07, 6.45) is 7.74. The first-order valence-corrected chi connectivity index (χ1v) is 10.3. The number of nitrogens with zero attached hydrogens (tertiary/aromatic N) is 1. The molecule has 30 heavy (non-hydrogen) atoms. The number of rotatable bonds is 5. The topological polar surface area (TPSA) is 68.7 Å². The van der Waals surface area contributed by atoms with Crippen LogP contribution in [-0.2, 0) is 0 Å². The molecule has 2 N–H and O–H groups in total. The maximum atomic E-state index is 13.8. The number of benzene rings is 2. The van der Waals surface area contributed by atoms with Crippen molar-refractivity contribution in [2.45, 2.75) is 31.6 Å². The third-order valence-electron chi connectivity index (χ3n) is 6.00. The summed E-state index contributed by atoms with van der Waals surface area (Å²) >= 11 is 0. The Morgan fingerprint density at radius 2 is 1.87 bits per heavy atom. The van der Waals surface area contributed by atoms with Gasteiger partial charge in [0.2, 0.25) is 0 Å². The monoisotopic (exact) mass is 401 g/mol. The van der Waals surface area contributed by atoms with Crippen molar-refractivity contribution in [3.63, 3.8) is 0 Å². The zero-order chi connectivity index (χ0) is 20.9. The molecule has 1 fully saturated rings. The number of aromatic nitrogens is 1. The second-order valence-electron chi connectivity index (χ2n) is 7.96. The first-order valence-electron chi connectivity index (χ1n) is 10.3. The summed E-state index contributed by atoms with van der Waals surface area (Å²) in [6, 6.07) is 16.7. The van der Waals surface area contributed by atoms with Crippen LogP contribution in [0.5, 0.6) is 0 Å². The molecule has 1 heterocycles. The van der Waals surface area contributed by atoms with Gasteiger partial charge in [0.1, 0.15) is 5.82 Å². The molecule has 0 unspecified atom stereocenters. The minimum absolute atomic E-state index is 0.181. The molecule has 4 nitrogen and oxygen atoms in total. The molecule has 0 spiro atoms. The van der Waals surface area contributed by atoms with Crippen molar-refractivity contribution in [2.24, 2.45) is 5.92 Å². The normalized spacial score (nSPS) is 18.5. The lowest BCUT2D eigenvalue weighted by molar-refractivity contribution is 0.0943. The van der Waals surface area contributed by atoms with E-state index >= 15 is 0 Å². The summed E-state index contributed by atoms with van der Waals surface area (Å²) in [6.45, 7) is 0.636. The second-order valence-corrected chi connectivity index (χ2v) is 7.96. The molecule has 0 atom stereocenters. The zero-order valence-electron chi connectivity index (χ0n) is 16.7. The number of hydrogen-bond donors (Lipinski definition) is 2. The molecule has 2 aromatic carbocycles. The minimum atomic E-state index is -0.494. The van der Waals surface area contributed by atoms with Gasteiger partial charge in [-0.3, -0.25) is 4.79 Å². The lowest BCUT2D eigenvalue weighted by Gasteiger charge is -2.29. The largest absolute Gasteiger partial charge is 0.366 e. The average molecular weight is 401 g/mol. The average Bonchev–Trinajstić information content (AvgIpc) is 3.28. The van der Waals surface area contributed by atoms with Gasteiger partial charge in [0, 0.05) is 24.5 Å². The Bertz CT molecular complexity index is 1060. The van der Waals surface area contributed by atoms with E-state index in [-0.39, 0.29) is 11.5 Å². The first kappa shape index (κ1) is 19.9. The van der Waals surface area contributed by atoms with Crippen molar-refractivity contribution in [3.05, 3.63) is 83.4 Å². The quantitative estimate of drug-likeness (QED) is 0.601. The molecule has 1 aliphatic carbocycles. The maximum Gasteiger partial charge on any atom is 0.253 e. The van der Waals surface area contributed by atoms with Crippen LogP contribution in [0, 0.1) is 23.1 Å². The molecule has 4 rings (SSSR count). The molecule has 1 aromatic heterocycles. The highest BCUT2D eigenvalue weighted by atomic mass is 19.1. The minimum Gasteiger partial charge on any atom is -0.366 e. The summed E-state index contributed by atoms with van der Waals surface area (Å²) in [5, 5.41) is 12.1. The highest BCUT2D eigenvalue weighted by Gasteiger charge is 2.23. The van der Waals surface area contributed by atoms with E-state index in [2.05, 4.69) is 34.6 Å². The van der Waals surface area contributed by atoms with Crippen LogP contribution in [0.3, 0.4) is 0 Å². The van der Waals surface area contributed by atoms with Gasteiger partial charge in [0.15, 0.2) is 0 Å². The summed E-state index contributed by atoms with van der Waals surface area (Å²) in [4.78, 5) is 15.7. The first-order chi connectivity index (χ1) is 14.6. The van der Waals surface area contributed by atoms with Gasteiger partial charge < -0.3 is 10.3 Å². The van der Waals surface area contributed by atoms with Crippen LogP contribution < -0.4 is 5.32 Å². The molecular weight excluding hydrogens is 377 g/mol. The van der Waals surface area contributed by atoms with Gasteiger partial charge in [-0.05, 0) is 66.8 Å². The Hall–Kier alpha value is -3.39. The van der Waals surface area contributed by atoms with Crippen LogP contribution in [0.2, 0.25) is 0 Å². The lowest BCUT2D eigenvalue weighted by Crippen LogP contribution is -2.31. The smallest absolute Gasteiger partial charge is 0.253 e. The number of nitriles is 1. The molecule has 1 saturated carbocycles. The predicted octanol–water partition coefficient (Wildman–Crippen LogP) is 5.40. The van der Waals surface area contributed by atoms with Crippen molar-refractivity contribution >= 4 is 5.91 Å². The van der Waals surface area contributed by atoms with Crippen LogP contribution in [0.25, 0.3) is 11.1 Å². The van der Waals surface area contributed by atoms with Crippen molar-refractivity contribution < 1.29 is 9.18 Å². The molecule has 5 heteroatoms. The molecule has 1 aliphatic rings. The molecule has 0 saturated heterocycles. The standard InChI is InChI=1S/C25H24FN3O/c26-22-11-18(13-27)10-21(12-22)23-15-28-16-24(23)25(30)29-14-17-6-8-20(9-7-17)19-4-2-1-3-5-19/h1-5,10-12,15-17,20,28H,6-9,14H2,(H,29,30). The Morgan fingerprint density at radius 1 is 1.10 bits per heavy atom. The summed E-state index contributed by atoms with van der Waals surface area (Å²) < 4.78 is 13.8. The second kappa shape index (κ2) is 8.96. The van der Waals surface area contributed by atoms with Crippen LogP contribution >= 0.6 is 0 Å². The van der Waals surface area contributed by atoms with E-state index < -0.39 is 5.82 Å². The fraction of sp³-hybridized carbons (Fsp3) is 0.280. The number of H-pyrrole nitrogens is 1. The van der Waals surface area contributed by atoms with E-state index in [9.17, 15) is 9.18 Å². The van der Waals surface area contributed by atoms with E-state index in [0.29, 0.717) is 35.1 Å². The van der Waals surface area contributed by atoms with Crippen molar-refractivity contribution in [1.29, 1.82) is 5.26 Å².